The van der Waals surface area contributed by atoms with Gasteiger partial charge in [-0.05, 0) is 69.4 Å². The number of carbonyl (C=O) groups excluding carboxylic acids is 1. The van der Waals surface area contributed by atoms with E-state index in [0.29, 0.717) is 31.0 Å². The minimum absolute atomic E-state index is 0.255. The van der Waals surface area contributed by atoms with Crippen LogP contribution in [0.25, 0.3) is 0 Å². The van der Waals surface area contributed by atoms with Crippen LogP contribution in [0.3, 0.4) is 0 Å². The highest BCUT2D eigenvalue weighted by molar-refractivity contribution is 5.70. The summed E-state index contributed by atoms with van der Waals surface area (Å²) in [7, 11) is 1.87. The van der Waals surface area contributed by atoms with Gasteiger partial charge in [0.1, 0.15) is 23.4 Å². The first-order chi connectivity index (χ1) is 13.1. The maximum Gasteiger partial charge on any atom is 0.415 e. The zero-order valence-corrected chi connectivity index (χ0v) is 16.1. The van der Waals surface area contributed by atoms with Gasteiger partial charge in [-0.25, -0.2) is 9.18 Å². The smallest absolute Gasteiger partial charge is 0.415 e. The molecule has 146 valence electrons. The Kier molecular flexibility index (Phi) is 8.07. The average Bonchev–Trinajstić information content (AvgIpc) is 2.68. The maximum atomic E-state index is 13.1. The minimum atomic E-state index is -0.372. The van der Waals surface area contributed by atoms with Crippen LogP contribution in [0.5, 0.6) is 11.5 Å². The number of rotatable bonds is 9. The number of nitrogens with one attached hydrogen (secondary N) is 1. The van der Waals surface area contributed by atoms with E-state index in [4.69, 9.17) is 9.47 Å². The van der Waals surface area contributed by atoms with Gasteiger partial charge < -0.3 is 19.7 Å². The fourth-order valence-corrected chi connectivity index (χ4v) is 2.67. The van der Waals surface area contributed by atoms with Gasteiger partial charge in [-0.2, -0.15) is 0 Å². The molecular weight excluding hydrogens is 347 g/mol. The van der Waals surface area contributed by atoms with Crippen molar-refractivity contribution in [2.24, 2.45) is 0 Å². The summed E-state index contributed by atoms with van der Waals surface area (Å²) >= 11 is 0. The molecule has 0 aliphatic carbocycles. The van der Waals surface area contributed by atoms with E-state index in [9.17, 15) is 9.18 Å². The predicted octanol–water partition coefficient (Wildman–Crippen LogP) is 4.40. The van der Waals surface area contributed by atoms with Gasteiger partial charge in [0.15, 0.2) is 0 Å². The van der Waals surface area contributed by atoms with E-state index in [1.807, 2.05) is 39.1 Å². The van der Waals surface area contributed by atoms with Crippen LogP contribution in [-0.2, 0) is 0 Å². The summed E-state index contributed by atoms with van der Waals surface area (Å²) in [4.78, 5) is 13.8. The second-order valence-corrected chi connectivity index (χ2v) is 6.07. The molecule has 5 nitrogen and oxygen atoms in total. The Morgan fingerprint density at radius 3 is 2.44 bits per heavy atom. The summed E-state index contributed by atoms with van der Waals surface area (Å²) in [5.74, 6) is 0.754. The molecule has 1 unspecified atom stereocenters. The molecular formula is C21H27FN2O3. The number of nitrogens with zero attached hydrogens (tertiary/aromatic N) is 1. The quantitative estimate of drug-likeness (QED) is 0.707. The number of carbonyl (C=O) groups is 1. The Morgan fingerprint density at radius 2 is 1.81 bits per heavy atom. The molecule has 27 heavy (non-hydrogen) atoms. The predicted molar refractivity (Wildman–Crippen MR) is 104 cm³/mol. The highest BCUT2D eigenvalue weighted by Crippen LogP contribution is 2.27. The third-order valence-electron chi connectivity index (χ3n) is 4.21. The van der Waals surface area contributed by atoms with Gasteiger partial charge in [-0.15, -0.1) is 0 Å². The third kappa shape index (κ3) is 6.25. The Balaban J connectivity index is 2.17. The third-order valence-corrected chi connectivity index (χ3v) is 4.21. The fraction of sp³-hybridized carbons (Fsp3) is 0.381. The van der Waals surface area contributed by atoms with Gasteiger partial charge in [0.2, 0.25) is 0 Å². The zero-order valence-electron chi connectivity index (χ0n) is 16.1. The van der Waals surface area contributed by atoms with E-state index < -0.39 is 0 Å². The highest BCUT2D eigenvalue weighted by atomic mass is 19.1. The van der Waals surface area contributed by atoms with Crippen LogP contribution in [0.2, 0.25) is 0 Å². The van der Waals surface area contributed by atoms with Crippen LogP contribution in [0.4, 0.5) is 9.18 Å². The Labute approximate surface area is 160 Å². The molecule has 0 aliphatic rings. The summed E-state index contributed by atoms with van der Waals surface area (Å²) in [5, 5.41) is 3.11. The summed E-state index contributed by atoms with van der Waals surface area (Å²) < 4.78 is 24.7. The van der Waals surface area contributed by atoms with Crippen molar-refractivity contribution in [3.8, 4) is 11.5 Å². The van der Waals surface area contributed by atoms with Crippen molar-refractivity contribution in [2.45, 2.75) is 26.4 Å². The lowest BCUT2D eigenvalue weighted by atomic mass is 10.1. The van der Waals surface area contributed by atoms with E-state index in [1.54, 1.807) is 23.1 Å². The van der Waals surface area contributed by atoms with Crippen LogP contribution >= 0.6 is 0 Å². The van der Waals surface area contributed by atoms with Crippen molar-refractivity contribution >= 4 is 6.09 Å². The fourth-order valence-electron chi connectivity index (χ4n) is 2.67. The van der Waals surface area contributed by atoms with Crippen molar-refractivity contribution < 1.29 is 18.7 Å². The number of halogens is 1. The summed E-state index contributed by atoms with van der Waals surface area (Å²) in [6.07, 6.45) is 0.0832. The van der Waals surface area contributed by atoms with Crippen molar-refractivity contribution in [3.63, 3.8) is 0 Å². The Bertz CT molecular complexity index is 718. The van der Waals surface area contributed by atoms with Crippen LogP contribution in [0, 0.1) is 5.82 Å². The number of amides is 1. The normalized spacial score (nSPS) is 11.7. The van der Waals surface area contributed by atoms with Crippen molar-refractivity contribution in [1.82, 2.24) is 10.2 Å². The van der Waals surface area contributed by atoms with Gasteiger partial charge in [-0.3, -0.25) is 0 Å². The van der Waals surface area contributed by atoms with E-state index in [0.717, 1.165) is 12.1 Å². The largest absolute Gasteiger partial charge is 0.486 e. The summed E-state index contributed by atoms with van der Waals surface area (Å²) in [6.45, 7) is 5.74. The lowest BCUT2D eigenvalue weighted by Gasteiger charge is -2.21. The molecule has 0 fully saturated rings. The van der Waals surface area contributed by atoms with Crippen LogP contribution in [0.15, 0.2) is 48.5 Å². The topological polar surface area (TPSA) is 50.8 Å². The highest BCUT2D eigenvalue weighted by Gasteiger charge is 2.16. The molecule has 2 rings (SSSR count). The molecule has 6 heteroatoms. The van der Waals surface area contributed by atoms with Crippen LogP contribution < -0.4 is 14.8 Å². The number of hydrogen-bond acceptors (Lipinski definition) is 4. The van der Waals surface area contributed by atoms with Crippen LogP contribution in [0.1, 0.15) is 31.9 Å². The van der Waals surface area contributed by atoms with Gasteiger partial charge in [0, 0.05) is 19.5 Å². The first kappa shape index (κ1) is 20.7. The van der Waals surface area contributed by atoms with Gasteiger partial charge in [-0.1, -0.05) is 12.1 Å². The van der Waals surface area contributed by atoms with E-state index in [1.165, 1.54) is 12.1 Å². The van der Waals surface area contributed by atoms with Crippen molar-refractivity contribution in [2.75, 3.05) is 26.7 Å². The first-order valence-corrected chi connectivity index (χ1v) is 9.20. The first-order valence-electron chi connectivity index (χ1n) is 9.20. The Hall–Kier alpha value is -2.60. The van der Waals surface area contributed by atoms with Crippen molar-refractivity contribution in [3.05, 3.63) is 59.9 Å². The van der Waals surface area contributed by atoms with Gasteiger partial charge in [0.05, 0.1) is 0 Å². The molecule has 2 aromatic carbocycles. The molecule has 1 amide bonds. The number of benzene rings is 2. The monoisotopic (exact) mass is 374 g/mol. The van der Waals surface area contributed by atoms with E-state index in [-0.39, 0.29) is 18.0 Å². The molecule has 0 saturated carbocycles. The standard InChI is InChI=1S/C21H27FN2O3/c1-4-24(5-2)21(25)27-19-8-6-7-16(15-19)20(13-14-23-3)26-18-11-9-17(22)10-12-18/h6-12,15,20,23H,4-5,13-14H2,1-3H3. The number of ether oxygens (including phenoxy) is 2. The molecule has 0 heterocycles. The molecule has 0 spiro atoms. The molecule has 0 saturated heterocycles. The van der Waals surface area contributed by atoms with Crippen molar-refractivity contribution in [1.29, 1.82) is 0 Å². The molecule has 1 N–H and O–H groups in total. The molecule has 1 atom stereocenters. The lowest BCUT2D eigenvalue weighted by Crippen LogP contribution is -2.33. The minimum Gasteiger partial charge on any atom is -0.486 e. The molecule has 2 aromatic rings. The van der Waals surface area contributed by atoms with E-state index >= 15 is 0 Å². The summed E-state index contributed by atoms with van der Waals surface area (Å²) in [6, 6.07) is 13.3. The SMILES string of the molecule is CCN(CC)C(=O)Oc1cccc(C(CCNC)Oc2ccc(F)cc2)c1. The second-order valence-electron chi connectivity index (χ2n) is 6.07. The molecule has 0 aliphatic heterocycles. The summed E-state index contributed by atoms with van der Waals surface area (Å²) in [5.41, 5.74) is 0.888. The lowest BCUT2D eigenvalue weighted by molar-refractivity contribution is 0.156. The average molecular weight is 374 g/mol. The van der Waals surface area contributed by atoms with Gasteiger partial charge in [0.25, 0.3) is 0 Å². The van der Waals surface area contributed by atoms with E-state index in [2.05, 4.69) is 5.32 Å². The molecule has 0 radical (unpaired) electrons. The second kappa shape index (κ2) is 10.5. The molecule has 0 bridgehead atoms. The van der Waals surface area contributed by atoms with Crippen LogP contribution in [-0.4, -0.2) is 37.7 Å². The molecule has 0 aromatic heterocycles. The number of hydrogen-bond donors (Lipinski definition) is 1. The van der Waals surface area contributed by atoms with Gasteiger partial charge >= 0.3 is 6.09 Å². The maximum absolute atomic E-state index is 13.1. The Morgan fingerprint density at radius 1 is 1.11 bits per heavy atom. The zero-order chi connectivity index (χ0) is 19.6.